The topological polar surface area (TPSA) is 77.9 Å². The van der Waals surface area contributed by atoms with Gasteiger partial charge in [0.2, 0.25) is 0 Å². The van der Waals surface area contributed by atoms with Gasteiger partial charge in [0.25, 0.3) is 10.0 Å². The Bertz CT molecular complexity index is 614. The van der Waals surface area contributed by atoms with Crippen LogP contribution in [0.2, 0.25) is 0 Å². The van der Waals surface area contributed by atoms with Crippen LogP contribution in [-0.2, 0) is 21.2 Å². The normalized spacial score (nSPS) is 25.1. The van der Waals surface area contributed by atoms with E-state index in [4.69, 9.17) is 5.11 Å². The smallest absolute Gasteiger partial charge is 0.308 e. The molecule has 2 unspecified atom stereocenters. The van der Waals surface area contributed by atoms with Crippen molar-refractivity contribution in [3.63, 3.8) is 0 Å². The highest BCUT2D eigenvalue weighted by atomic mass is 32.2. The Morgan fingerprint density at radius 2 is 1.90 bits per heavy atom. The van der Waals surface area contributed by atoms with E-state index in [1.807, 2.05) is 20.9 Å². The third kappa shape index (κ3) is 3.45. The van der Waals surface area contributed by atoms with Crippen LogP contribution < -0.4 is 0 Å². The van der Waals surface area contributed by atoms with Crippen molar-refractivity contribution >= 4 is 27.3 Å². The van der Waals surface area contributed by atoms with E-state index in [0.717, 1.165) is 11.3 Å². The second-order valence-corrected chi connectivity index (χ2v) is 8.81. The highest BCUT2D eigenvalue weighted by Crippen LogP contribution is 2.27. The molecular weight excluding hydrogens is 312 g/mol. The van der Waals surface area contributed by atoms with E-state index < -0.39 is 16.0 Å². The van der Waals surface area contributed by atoms with Gasteiger partial charge in [0.15, 0.2) is 0 Å². The second kappa shape index (κ2) is 6.04. The molecule has 0 aromatic carbocycles. The lowest BCUT2D eigenvalue weighted by molar-refractivity contribution is -0.136. The molecule has 1 fully saturated rings. The minimum absolute atomic E-state index is 0.143. The lowest BCUT2D eigenvalue weighted by atomic mass is 10.1. The summed E-state index contributed by atoms with van der Waals surface area (Å²) < 4.78 is 27.0. The Morgan fingerprint density at radius 1 is 1.33 bits per heavy atom. The summed E-state index contributed by atoms with van der Waals surface area (Å²) in [4.78, 5) is 13.4. The third-order valence-electron chi connectivity index (χ3n) is 3.88. The predicted molar refractivity (Wildman–Crippen MR) is 81.1 cm³/mol. The molecular formula is C13H20N2O4S2. The number of sulfonamides is 1. The summed E-state index contributed by atoms with van der Waals surface area (Å²) in [6, 6.07) is 3.39. The molecule has 2 rings (SSSR count). The molecule has 8 heteroatoms. The first-order valence-electron chi connectivity index (χ1n) is 6.74. The van der Waals surface area contributed by atoms with Crippen LogP contribution in [0.15, 0.2) is 16.3 Å². The molecule has 0 radical (unpaired) electrons. The molecule has 0 amide bonds. The highest BCUT2D eigenvalue weighted by molar-refractivity contribution is 7.91. The summed E-state index contributed by atoms with van der Waals surface area (Å²) in [6.45, 7) is 4.91. The van der Waals surface area contributed by atoms with E-state index in [9.17, 15) is 13.2 Å². The maximum Gasteiger partial charge on any atom is 0.308 e. The van der Waals surface area contributed by atoms with Crippen LogP contribution in [0.1, 0.15) is 18.7 Å². The largest absolute Gasteiger partial charge is 0.481 e. The van der Waals surface area contributed by atoms with Crippen LogP contribution >= 0.6 is 11.3 Å². The Morgan fingerprint density at radius 3 is 2.43 bits per heavy atom. The standard InChI is InChI=1S/C13H20N2O4S2/c1-9-7-15(8-10(2)14(9)3)21(18,19)13-5-4-11(20-13)6-12(16)17/h4-5,9-10H,6-8H2,1-3H3,(H,16,17). The SMILES string of the molecule is CC1CN(S(=O)(=O)c2ccc(CC(=O)O)s2)CC(C)N1C. The van der Waals surface area contributed by atoms with Gasteiger partial charge in [-0.15, -0.1) is 11.3 Å². The number of carbonyl (C=O) groups is 1. The van der Waals surface area contributed by atoms with E-state index in [1.165, 1.54) is 10.4 Å². The lowest BCUT2D eigenvalue weighted by Crippen LogP contribution is -2.56. The fourth-order valence-electron chi connectivity index (χ4n) is 2.42. The summed E-state index contributed by atoms with van der Waals surface area (Å²) in [6.07, 6.45) is -0.143. The van der Waals surface area contributed by atoms with Gasteiger partial charge in [-0.05, 0) is 33.0 Å². The Hall–Kier alpha value is -0.960. The van der Waals surface area contributed by atoms with Gasteiger partial charge >= 0.3 is 5.97 Å². The van der Waals surface area contributed by atoms with Gasteiger partial charge in [-0.1, -0.05) is 0 Å². The molecule has 1 aliphatic heterocycles. The number of carboxylic acids is 1. The average Bonchev–Trinajstić information content (AvgIpc) is 2.83. The zero-order chi connectivity index (χ0) is 15.8. The number of aliphatic carboxylic acids is 1. The quantitative estimate of drug-likeness (QED) is 0.893. The first-order chi connectivity index (χ1) is 9.71. The van der Waals surface area contributed by atoms with Crippen LogP contribution in [0.25, 0.3) is 0 Å². The summed E-state index contributed by atoms with van der Waals surface area (Å²) in [5.74, 6) is -0.956. The van der Waals surface area contributed by atoms with Crippen LogP contribution in [0, 0.1) is 0 Å². The van der Waals surface area contributed by atoms with Crippen molar-refractivity contribution in [1.82, 2.24) is 9.21 Å². The number of hydrogen-bond acceptors (Lipinski definition) is 5. The number of likely N-dealkylation sites (N-methyl/N-ethyl adjacent to an activating group) is 1. The summed E-state index contributed by atoms with van der Waals surface area (Å²) in [5, 5.41) is 8.77. The van der Waals surface area contributed by atoms with Gasteiger partial charge in [0.1, 0.15) is 4.21 Å². The van der Waals surface area contributed by atoms with Crippen LogP contribution in [0.5, 0.6) is 0 Å². The van der Waals surface area contributed by atoms with E-state index >= 15 is 0 Å². The van der Waals surface area contributed by atoms with E-state index in [0.29, 0.717) is 18.0 Å². The van der Waals surface area contributed by atoms with Gasteiger partial charge in [-0.3, -0.25) is 9.69 Å². The molecule has 21 heavy (non-hydrogen) atoms. The maximum absolute atomic E-state index is 12.7. The molecule has 2 atom stereocenters. The molecule has 6 nitrogen and oxygen atoms in total. The second-order valence-electron chi connectivity index (χ2n) is 5.48. The fraction of sp³-hybridized carbons (Fsp3) is 0.615. The van der Waals surface area contributed by atoms with E-state index in [1.54, 1.807) is 6.07 Å². The molecule has 0 saturated carbocycles. The maximum atomic E-state index is 12.7. The van der Waals surface area contributed by atoms with Crippen molar-refractivity contribution < 1.29 is 18.3 Å². The molecule has 0 aliphatic carbocycles. The van der Waals surface area contributed by atoms with Crippen molar-refractivity contribution in [2.24, 2.45) is 0 Å². The molecule has 1 N–H and O–H groups in total. The zero-order valence-corrected chi connectivity index (χ0v) is 13.9. The molecule has 1 saturated heterocycles. The molecule has 118 valence electrons. The van der Waals surface area contributed by atoms with Crippen LogP contribution in [0.4, 0.5) is 0 Å². The van der Waals surface area contributed by atoms with Crippen molar-refractivity contribution in [3.05, 3.63) is 17.0 Å². The molecule has 2 heterocycles. The van der Waals surface area contributed by atoms with Gasteiger partial charge in [-0.2, -0.15) is 4.31 Å². The lowest BCUT2D eigenvalue weighted by Gasteiger charge is -2.41. The molecule has 1 aromatic rings. The summed E-state index contributed by atoms with van der Waals surface area (Å²) >= 11 is 1.04. The Kier molecular flexibility index (Phi) is 4.72. The Labute approximate surface area is 129 Å². The number of carboxylic acid groups (broad SMARTS) is 1. The van der Waals surface area contributed by atoms with E-state index in [2.05, 4.69) is 4.90 Å². The Balaban J connectivity index is 2.22. The number of hydrogen-bond donors (Lipinski definition) is 1. The van der Waals surface area contributed by atoms with Crippen LogP contribution in [0.3, 0.4) is 0 Å². The van der Waals surface area contributed by atoms with Gasteiger partial charge in [-0.25, -0.2) is 8.42 Å². The van der Waals surface area contributed by atoms with Gasteiger partial charge in [0.05, 0.1) is 6.42 Å². The minimum Gasteiger partial charge on any atom is -0.481 e. The number of rotatable bonds is 4. The molecule has 1 aromatic heterocycles. The van der Waals surface area contributed by atoms with Crippen molar-refractivity contribution in [3.8, 4) is 0 Å². The predicted octanol–water partition coefficient (Wildman–Crippen LogP) is 1.09. The monoisotopic (exact) mass is 332 g/mol. The van der Waals surface area contributed by atoms with Crippen LogP contribution in [-0.4, -0.2) is 60.9 Å². The average molecular weight is 332 g/mol. The molecule has 1 aliphatic rings. The number of nitrogens with zero attached hydrogens (tertiary/aromatic N) is 2. The number of thiophene rings is 1. The number of piperazine rings is 1. The minimum atomic E-state index is -3.53. The molecule has 0 bridgehead atoms. The first-order valence-corrected chi connectivity index (χ1v) is 9.00. The molecule has 0 spiro atoms. The summed E-state index contributed by atoms with van der Waals surface area (Å²) in [7, 11) is -1.54. The van der Waals surface area contributed by atoms with Gasteiger partial charge < -0.3 is 5.11 Å². The van der Waals surface area contributed by atoms with E-state index in [-0.39, 0.29) is 22.7 Å². The highest BCUT2D eigenvalue weighted by Gasteiger charge is 2.35. The fourth-order valence-corrected chi connectivity index (χ4v) is 5.52. The van der Waals surface area contributed by atoms with Crippen molar-refractivity contribution in [1.29, 1.82) is 0 Å². The zero-order valence-electron chi connectivity index (χ0n) is 12.3. The first kappa shape index (κ1) is 16.4. The van der Waals surface area contributed by atoms with Gasteiger partial charge in [0, 0.05) is 30.1 Å². The van der Waals surface area contributed by atoms with Crippen molar-refractivity contribution in [2.45, 2.75) is 36.6 Å². The van der Waals surface area contributed by atoms with Crippen molar-refractivity contribution in [2.75, 3.05) is 20.1 Å². The third-order valence-corrected chi connectivity index (χ3v) is 7.27. The summed E-state index contributed by atoms with van der Waals surface area (Å²) in [5.41, 5.74) is 0.